The minimum Gasteiger partial charge on any atom is -0.462 e. The van der Waals surface area contributed by atoms with Crippen molar-refractivity contribution in [2.24, 2.45) is 34.5 Å². The molecule has 15 atom stereocenters. The van der Waals surface area contributed by atoms with Gasteiger partial charge in [-0.3, -0.25) is 14.5 Å². The maximum atomic E-state index is 13.8. The van der Waals surface area contributed by atoms with Crippen LogP contribution in [0.3, 0.4) is 0 Å². The van der Waals surface area contributed by atoms with Crippen LogP contribution in [0, 0.1) is 34.5 Å². The van der Waals surface area contributed by atoms with E-state index in [1.165, 1.54) is 21.0 Å². The topological polar surface area (TPSA) is 160 Å². The zero-order valence-electron chi connectivity index (χ0n) is 29.2. The summed E-state index contributed by atoms with van der Waals surface area (Å²) in [5.41, 5.74) is -4.92. The Morgan fingerprint density at radius 2 is 1.63 bits per heavy atom. The number of aliphatic hydroxyl groups excluding tert-OH is 1. The molecule has 6 aliphatic rings. The summed E-state index contributed by atoms with van der Waals surface area (Å²) in [6.07, 6.45) is -5.45. The number of benzene rings is 1. The van der Waals surface area contributed by atoms with Gasteiger partial charge in [-0.1, -0.05) is 25.1 Å². The van der Waals surface area contributed by atoms with Gasteiger partial charge in [-0.2, -0.15) is 0 Å². The number of likely N-dealkylation sites (tertiary alicyclic amines) is 1. The Morgan fingerprint density at radius 3 is 2.20 bits per heavy atom. The van der Waals surface area contributed by atoms with Gasteiger partial charge in [0.15, 0.2) is 5.60 Å². The maximum Gasteiger partial charge on any atom is 0.338 e. The fourth-order valence-corrected chi connectivity index (χ4v) is 12.7. The molecule has 5 aliphatic carbocycles. The van der Waals surface area contributed by atoms with Crippen LogP contribution in [0.5, 0.6) is 0 Å². The maximum absolute atomic E-state index is 13.8. The number of hydrogen-bond acceptors (Lipinski definition) is 13. The van der Waals surface area contributed by atoms with Crippen molar-refractivity contribution in [1.82, 2.24) is 4.90 Å². The summed E-state index contributed by atoms with van der Waals surface area (Å²) in [5.74, 6) is -4.24. The largest absolute Gasteiger partial charge is 0.462 e. The number of ether oxygens (including phenoxy) is 7. The average Bonchev–Trinajstić information content (AvgIpc) is 3.44. The average molecular weight is 688 g/mol. The number of fused-ring (bicyclic) bond motifs is 2. The number of methoxy groups -OCH3 is 4. The molecule has 0 radical (unpaired) electrons. The van der Waals surface area contributed by atoms with Crippen molar-refractivity contribution in [2.75, 3.05) is 48.1 Å². The molecule has 6 fully saturated rings. The first kappa shape index (κ1) is 34.8. The Kier molecular flexibility index (Phi) is 8.49. The highest BCUT2D eigenvalue weighted by Crippen LogP contribution is 2.80. The van der Waals surface area contributed by atoms with Gasteiger partial charge < -0.3 is 43.4 Å². The number of piperidine rings is 1. The van der Waals surface area contributed by atoms with E-state index in [0.717, 1.165) is 0 Å². The van der Waals surface area contributed by atoms with Crippen LogP contribution >= 0.6 is 0 Å². The van der Waals surface area contributed by atoms with E-state index < -0.39 is 100 Å². The molecule has 49 heavy (non-hydrogen) atoms. The van der Waals surface area contributed by atoms with Crippen LogP contribution in [0.4, 0.5) is 0 Å². The van der Waals surface area contributed by atoms with Gasteiger partial charge in [0.05, 0.1) is 24.4 Å². The van der Waals surface area contributed by atoms with Crippen molar-refractivity contribution in [1.29, 1.82) is 0 Å². The quantitative estimate of drug-likeness (QED) is 0.267. The monoisotopic (exact) mass is 687 g/mol. The molecular formula is C36H49NO12. The minimum absolute atomic E-state index is 0.0534. The molecule has 0 aromatic heterocycles. The first-order valence-electron chi connectivity index (χ1n) is 17.2. The van der Waals surface area contributed by atoms with E-state index in [0.29, 0.717) is 19.5 Å². The molecule has 1 saturated heterocycles. The van der Waals surface area contributed by atoms with Crippen molar-refractivity contribution in [3.05, 3.63) is 35.9 Å². The highest BCUT2D eigenvalue weighted by molar-refractivity contribution is 5.89. The first-order valence-corrected chi connectivity index (χ1v) is 17.2. The molecule has 1 heterocycles. The molecule has 0 amide bonds. The van der Waals surface area contributed by atoms with E-state index in [1.54, 1.807) is 51.7 Å². The predicted molar refractivity (Wildman–Crippen MR) is 170 cm³/mol. The van der Waals surface area contributed by atoms with Gasteiger partial charge in [0.25, 0.3) is 0 Å². The molecule has 13 heteroatoms. The van der Waals surface area contributed by atoms with Crippen LogP contribution in [0.1, 0.15) is 44.0 Å². The third-order valence-corrected chi connectivity index (χ3v) is 13.4. The van der Waals surface area contributed by atoms with Gasteiger partial charge in [-0.05, 0) is 31.0 Å². The van der Waals surface area contributed by atoms with Crippen LogP contribution < -0.4 is 0 Å². The lowest BCUT2D eigenvalue weighted by atomic mass is 9.42. The van der Waals surface area contributed by atoms with E-state index in [1.807, 2.05) is 6.92 Å². The van der Waals surface area contributed by atoms with Crippen molar-refractivity contribution < 1.29 is 57.8 Å². The Labute approximate surface area is 286 Å². The van der Waals surface area contributed by atoms with Crippen LogP contribution in [0.15, 0.2) is 30.3 Å². The zero-order valence-corrected chi connectivity index (χ0v) is 29.2. The van der Waals surface area contributed by atoms with Gasteiger partial charge >= 0.3 is 17.9 Å². The Bertz CT molecular complexity index is 1480. The lowest BCUT2D eigenvalue weighted by Gasteiger charge is -2.70. The zero-order chi connectivity index (χ0) is 35.3. The fourth-order valence-electron chi connectivity index (χ4n) is 12.7. The van der Waals surface area contributed by atoms with Crippen molar-refractivity contribution in [3.8, 4) is 0 Å². The normalized spacial score (nSPS) is 47.4. The molecule has 6 unspecified atom stereocenters. The Hall–Kier alpha value is -2.65. The fraction of sp³-hybridized carbons (Fsp3) is 0.750. The van der Waals surface area contributed by atoms with Gasteiger partial charge in [-0.25, -0.2) is 4.79 Å². The summed E-state index contributed by atoms with van der Waals surface area (Å²) in [5, 5.41) is 25.5. The molecule has 270 valence electrons. The van der Waals surface area contributed by atoms with Crippen LogP contribution in [0.25, 0.3) is 0 Å². The van der Waals surface area contributed by atoms with E-state index in [-0.39, 0.29) is 24.6 Å². The summed E-state index contributed by atoms with van der Waals surface area (Å²) >= 11 is 0. The molecule has 13 nitrogen and oxygen atoms in total. The van der Waals surface area contributed by atoms with Crippen LogP contribution in [-0.2, 0) is 42.7 Å². The second-order valence-corrected chi connectivity index (χ2v) is 15.0. The number of esters is 3. The number of rotatable bonds is 10. The van der Waals surface area contributed by atoms with Gasteiger partial charge in [0.1, 0.15) is 30.0 Å². The number of nitrogens with zero attached hydrogens (tertiary/aromatic N) is 1. The number of hydrogen-bond donors (Lipinski definition) is 2. The standard InChI is InChI=1S/C36H49NO12/c1-8-37-16-33(17-43-4)22(47-18(2)38)14-23(44-5)35-21-15-34(42)30(48-32(41)20-12-10-9-11-13-20)24(21)36(49-19(3)39,29(40)31(34)46-7)25(28(35)37)26(45-6)27(33)35/h9-13,21-31,40,42H,8,14-17H2,1-7H3/t21-,22-,23+,24-,25+,26+,27-,28?,29+,30-,31?,33?,34?,35?,36?/m0/s1. The van der Waals surface area contributed by atoms with Crippen molar-refractivity contribution in [2.45, 2.75) is 87.5 Å². The predicted octanol–water partition coefficient (Wildman–Crippen LogP) is 1.22. The van der Waals surface area contributed by atoms with Gasteiger partial charge in [-0.15, -0.1) is 0 Å². The second kappa shape index (κ2) is 12.0. The summed E-state index contributed by atoms with van der Waals surface area (Å²) in [7, 11) is 6.25. The van der Waals surface area contributed by atoms with E-state index >= 15 is 0 Å². The highest BCUT2D eigenvalue weighted by atomic mass is 16.6. The molecule has 1 spiro atoms. The third-order valence-electron chi connectivity index (χ3n) is 13.4. The van der Waals surface area contributed by atoms with Crippen molar-refractivity contribution in [3.63, 3.8) is 0 Å². The molecule has 5 saturated carbocycles. The summed E-state index contributed by atoms with van der Waals surface area (Å²) < 4.78 is 43.9. The van der Waals surface area contributed by atoms with Crippen molar-refractivity contribution >= 4 is 17.9 Å². The molecule has 1 aliphatic heterocycles. The second-order valence-electron chi connectivity index (χ2n) is 15.0. The molecule has 2 N–H and O–H groups in total. The van der Waals surface area contributed by atoms with Gasteiger partial charge in [0, 0.05) is 89.9 Å². The molecule has 1 aromatic rings. The lowest BCUT2D eigenvalue weighted by Crippen LogP contribution is -2.81. The van der Waals surface area contributed by atoms with Crippen LogP contribution in [-0.4, -0.2) is 135 Å². The molecule has 7 bridgehead atoms. The molecular weight excluding hydrogens is 638 g/mol. The summed E-state index contributed by atoms with van der Waals surface area (Å²) in [6, 6.07) is 8.12. The van der Waals surface area contributed by atoms with Gasteiger partial charge in [0.2, 0.25) is 0 Å². The summed E-state index contributed by atoms with van der Waals surface area (Å²) in [4.78, 5) is 42.2. The first-order chi connectivity index (χ1) is 23.4. The third kappa shape index (κ3) is 4.21. The molecule has 1 aromatic carbocycles. The SMILES string of the molecule is CCN1CC2(COC)[C@@H](OC(C)=O)C[C@@H](OC)C34C1[C@@H]([C@@H](OC)[C@@H]23)C1(OC(C)=O)[C@@H]2[C@H](OC(=O)c3ccccc3)C(O)(C[C@@H]24)C(OC)[C@H]1O. The number of aliphatic hydroxyl groups is 2. The lowest BCUT2D eigenvalue weighted by molar-refractivity contribution is -0.322. The minimum atomic E-state index is -1.86. The number of carbonyl (C=O) groups excluding carboxylic acids is 3. The molecule has 7 rings (SSSR count). The van der Waals surface area contributed by atoms with Crippen LogP contribution in [0.2, 0.25) is 0 Å². The highest BCUT2D eigenvalue weighted by Gasteiger charge is 2.92. The summed E-state index contributed by atoms with van der Waals surface area (Å²) in [6.45, 7) is 5.99. The Morgan fingerprint density at radius 1 is 0.918 bits per heavy atom. The van der Waals surface area contributed by atoms with E-state index in [9.17, 15) is 24.6 Å². The smallest absolute Gasteiger partial charge is 0.338 e. The number of carbonyl (C=O) groups is 3. The van der Waals surface area contributed by atoms with E-state index in [4.69, 9.17) is 33.2 Å². The van der Waals surface area contributed by atoms with E-state index in [2.05, 4.69) is 4.90 Å². The Balaban J connectivity index is 1.53.